The molecule has 128 valence electrons. The minimum Gasteiger partial charge on any atom is -0.384 e. The molecule has 23 heavy (non-hydrogen) atoms. The number of halogens is 1. The average Bonchev–Trinajstić information content (AvgIpc) is 3.14. The molecule has 0 aromatic carbocycles. The van der Waals surface area contributed by atoms with Gasteiger partial charge in [-0.25, -0.2) is 9.98 Å². The molecule has 0 radical (unpaired) electrons. The second-order valence-electron chi connectivity index (χ2n) is 5.20. The number of hydrogen-bond acceptors (Lipinski definition) is 5. The number of nitrogens with zero attached hydrogens (tertiary/aromatic N) is 2. The predicted molar refractivity (Wildman–Crippen MR) is 109 cm³/mol. The van der Waals surface area contributed by atoms with Crippen LogP contribution in [0.4, 0.5) is 0 Å². The molecule has 0 aliphatic carbocycles. The summed E-state index contributed by atoms with van der Waals surface area (Å²) in [6, 6.07) is 1.94. The quantitative estimate of drug-likeness (QED) is 0.348. The van der Waals surface area contributed by atoms with Crippen molar-refractivity contribution in [3.63, 3.8) is 0 Å². The van der Waals surface area contributed by atoms with Gasteiger partial charge >= 0.3 is 0 Å². The number of thiazole rings is 1. The van der Waals surface area contributed by atoms with E-state index in [0.717, 1.165) is 22.7 Å². The van der Waals surface area contributed by atoms with Gasteiger partial charge in [0.2, 0.25) is 0 Å². The highest BCUT2D eigenvalue weighted by atomic mass is 127. The summed E-state index contributed by atoms with van der Waals surface area (Å²) in [6.07, 6.45) is 0. The third-order valence-corrected chi connectivity index (χ3v) is 4.92. The van der Waals surface area contributed by atoms with Crippen molar-refractivity contribution >= 4 is 52.6 Å². The lowest BCUT2D eigenvalue weighted by molar-refractivity contribution is 0.0621. The van der Waals surface area contributed by atoms with Crippen molar-refractivity contribution in [1.82, 2.24) is 15.6 Å². The molecule has 0 saturated carbocycles. The van der Waals surface area contributed by atoms with E-state index < -0.39 is 5.60 Å². The number of rotatable bonds is 6. The Bertz CT molecular complexity index is 611. The molecule has 0 aliphatic heterocycles. The van der Waals surface area contributed by atoms with Crippen molar-refractivity contribution in [3.8, 4) is 0 Å². The summed E-state index contributed by atoms with van der Waals surface area (Å²) in [7, 11) is 0. The van der Waals surface area contributed by atoms with Gasteiger partial charge in [0.25, 0.3) is 0 Å². The van der Waals surface area contributed by atoms with Gasteiger partial charge in [-0.2, -0.15) is 11.3 Å². The third-order valence-electron chi connectivity index (χ3n) is 3.31. The fraction of sp³-hybridized carbons (Fsp3) is 0.467. The number of nitrogens with one attached hydrogen (secondary N) is 2. The Morgan fingerprint density at radius 3 is 2.78 bits per heavy atom. The Labute approximate surface area is 162 Å². The number of thiophene rings is 1. The molecule has 0 saturated heterocycles. The number of hydrogen-bond donors (Lipinski definition) is 3. The van der Waals surface area contributed by atoms with Crippen molar-refractivity contribution in [1.29, 1.82) is 0 Å². The zero-order valence-electron chi connectivity index (χ0n) is 13.5. The number of aliphatic imine (C=N–C) groups is 1. The van der Waals surface area contributed by atoms with Gasteiger partial charge in [0, 0.05) is 11.4 Å². The van der Waals surface area contributed by atoms with E-state index in [4.69, 9.17) is 0 Å². The van der Waals surface area contributed by atoms with Crippen LogP contribution in [-0.4, -0.2) is 29.1 Å². The Morgan fingerprint density at radius 1 is 1.43 bits per heavy atom. The van der Waals surface area contributed by atoms with Crippen LogP contribution >= 0.6 is 46.7 Å². The van der Waals surface area contributed by atoms with Crippen molar-refractivity contribution < 1.29 is 5.11 Å². The fourth-order valence-corrected chi connectivity index (χ4v) is 3.38. The fourth-order valence-electron chi connectivity index (χ4n) is 1.90. The summed E-state index contributed by atoms with van der Waals surface area (Å²) in [4.78, 5) is 9.94. The molecule has 2 aromatic rings. The summed E-state index contributed by atoms with van der Waals surface area (Å²) in [5.41, 5.74) is 2.85. The highest BCUT2D eigenvalue weighted by Crippen LogP contribution is 2.22. The lowest BCUT2D eigenvalue weighted by Crippen LogP contribution is -2.44. The molecule has 0 bridgehead atoms. The molecule has 0 fully saturated rings. The second-order valence-corrected chi connectivity index (χ2v) is 6.91. The maximum atomic E-state index is 10.5. The van der Waals surface area contributed by atoms with Crippen molar-refractivity contribution in [2.45, 2.75) is 32.9 Å². The number of aryl methyl sites for hydroxylation is 1. The van der Waals surface area contributed by atoms with Crippen LogP contribution in [-0.2, 0) is 12.1 Å². The van der Waals surface area contributed by atoms with Gasteiger partial charge in [0.1, 0.15) is 5.60 Å². The molecular weight excluding hydrogens is 443 g/mol. The minimum absolute atomic E-state index is 0. The van der Waals surface area contributed by atoms with Gasteiger partial charge in [0.15, 0.2) is 5.96 Å². The zero-order valence-corrected chi connectivity index (χ0v) is 17.5. The third kappa shape index (κ3) is 6.02. The van der Waals surface area contributed by atoms with Gasteiger partial charge in [-0.15, -0.1) is 35.3 Å². The van der Waals surface area contributed by atoms with Crippen molar-refractivity contribution in [2.24, 2.45) is 4.99 Å². The molecular formula is C15H23IN4OS2. The zero-order chi connectivity index (χ0) is 16.0. The molecule has 1 atom stereocenters. The van der Waals surface area contributed by atoms with Gasteiger partial charge in [-0.3, -0.25) is 0 Å². The van der Waals surface area contributed by atoms with E-state index in [1.165, 1.54) is 0 Å². The van der Waals surface area contributed by atoms with E-state index in [9.17, 15) is 5.11 Å². The normalized spacial score (nSPS) is 14.0. The largest absolute Gasteiger partial charge is 0.384 e. The van der Waals surface area contributed by atoms with E-state index in [-0.39, 0.29) is 24.0 Å². The molecule has 0 amide bonds. The highest BCUT2D eigenvalue weighted by Gasteiger charge is 2.23. The molecule has 3 N–H and O–H groups in total. The van der Waals surface area contributed by atoms with Crippen LogP contribution in [0, 0.1) is 6.92 Å². The molecule has 0 spiro atoms. The van der Waals surface area contributed by atoms with Crippen molar-refractivity contribution in [3.05, 3.63) is 38.5 Å². The summed E-state index contributed by atoms with van der Waals surface area (Å²) in [6.45, 7) is 7.58. The van der Waals surface area contributed by atoms with E-state index in [0.29, 0.717) is 19.0 Å². The van der Waals surface area contributed by atoms with Gasteiger partial charge in [-0.1, -0.05) is 0 Å². The van der Waals surface area contributed by atoms with Crippen LogP contribution in [0.2, 0.25) is 0 Å². The lowest BCUT2D eigenvalue weighted by atomic mass is 9.99. The molecule has 2 aromatic heterocycles. The number of aromatic nitrogens is 1. The number of guanidine groups is 1. The van der Waals surface area contributed by atoms with Gasteiger partial charge < -0.3 is 15.7 Å². The monoisotopic (exact) mass is 466 g/mol. The summed E-state index contributed by atoms with van der Waals surface area (Å²) in [5.74, 6) is 0.700. The van der Waals surface area contributed by atoms with Crippen LogP contribution in [0.1, 0.15) is 30.0 Å². The molecule has 2 rings (SSSR count). The first-order valence-electron chi connectivity index (χ1n) is 7.19. The molecule has 8 heteroatoms. The van der Waals surface area contributed by atoms with Crippen molar-refractivity contribution in [2.75, 3.05) is 13.1 Å². The first kappa shape index (κ1) is 20.3. The van der Waals surface area contributed by atoms with Crippen LogP contribution in [0.15, 0.2) is 27.3 Å². The summed E-state index contributed by atoms with van der Waals surface area (Å²) >= 11 is 3.19. The standard InChI is InChI=1S/C15H22N4OS2.HI/c1-4-16-14(17-7-13-11(2)19-10-22-13)18-9-15(3,20)12-5-6-21-8-12;/h5-6,8,10,20H,4,7,9H2,1-3H3,(H2,16,17,18);1H. The smallest absolute Gasteiger partial charge is 0.191 e. The molecule has 0 aliphatic rings. The van der Waals surface area contributed by atoms with E-state index >= 15 is 0 Å². The van der Waals surface area contributed by atoms with Crippen LogP contribution < -0.4 is 10.6 Å². The Kier molecular flexibility index (Phi) is 8.45. The average molecular weight is 466 g/mol. The first-order chi connectivity index (χ1) is 10.5. The lowest BCUT2D eigenvalue weighted by Gasteiger charge is -2.24. The van der Waals surface area contributed by atoms with Crippen LogP contribution in [0.5, 0.6) is 0 Å². The topological polar surface area (TPSA) is 69.5 Å². The van der Waals surface area contributed by atoms with Crippen LogP contribution in [0.25, 0.3) is 0 Å². The Balaban J connectivity index is 0.00000264. The number of aliphatic hydroxyl groups is 1. The van der Waals surface area contributed by atoms with E-state index in [2.05, 4.69) is 20.6 Å². The molecule has 2 heterocycles. The second kappa shape index (κ2) is 9.55. The first-order valence-corrected chi connectivity index (χ1v) is 9.01. The summed E-state index contributed by atoms with van der Waals surface area (Å²) in [5, 5.41) is 20.9. The maximum Gasteiger partial charge on any atom is 0.191 e. The van der Waals surface area contributed by atoms with E-state index in [1.807, 2.05) is 36.2 Å². The molecule has 1 unspecified atom stereocenters. The van der Waals surface area contributed by atoms with E-state index in [1.54, 1.807) is 29.6 Å². The highest BCUT2D eigenvalue weighted by molar-refractivity contribution is 14.0. The van der Waals surface area contributed by atoms with Gasteiger partial charge in [0.05, 0.1) is 24.3 Å². The summed E-state index contributed by atoms with van der Waals surface area (Å²) < 4.78 is 0. The maximum absolute atomic E-state index is 10.5. The van der Waals surface area contributed by atoms with Gasteiger partial charge in [-0.05, 0) is 43.2 Å². The predicted octanol–water partition coefficient (Wildman–Crippen LogP) is 3.09. The Morgan fingerprint density at radius 2 is 2.22 bits per heavy atom. The SMILES string of the molecule is CCNC(=NCc1scnc1C)NCC(C)(O)c1ccsc1.I. The minimum atomic E-state index is -0.920. The Hall–Kier alpha value is -0.710. The van der Waals surface area contributed by atoms with Crippen LogP contribution in [0.3, 0.4) is 0 Å². The molecule has 5 nitrogen and oxygen atoms in total.